The number of rotatable bonds is 8. The first kappa shape index (κ1) is 22.0. The molecule has 2 aromatic rings. The van der Waals surface area contributed by atoms with Gasteiger partial charge in [0.2, 0.25) is 11.8 Å². The molecule has 0 aliphatic carbocycles. The molecular formula is C22H27N3O4S. The molecule has 2 aromatic carbocycles. The number of aryl methyl sites for hydroxylation is 1. The lowest BCUT2D eigenvalue weighted by atomic mass is 10.1. The van der Waals surface area contributed by atoms with E-state index in [4.69, 9.17) is 4.74 Å². The van der Waals surface area contributed by atoms with Crippen molar-refractivity contribution >= 4 is 39.7 Å². The summed E-state index contributed by atoms with van der Waals surface area (Å²) in [6.07, 6.45) is 0.920. The van der Waals surface area contributed by atoms with E-state index in [1.165, 1.54) is 5.56 Å². The highest BCUT2D eigenvalue weighted by molar-refractivity contribution is 7.86. The second kappa shape index (κ2) is 10.9. The third kappa shape index (κ3) is 6.67. The smallest absolute Gasteiger partial charge is 0.237 e. The van der Waals surface area contributed by atoms with Crippen molar-refractivity contribution in [2.24, 2.45) is 0 Å². The molecule has 1 fully saturated rings. The summed E-state index contributed by atoms with van der Waals surface area (Å²) in [4.78, 5) is 26.4. The number of nitrogens with zero attached hydrogens (tertiary/aromatic N) is 1. The summed E-state index contributed by atoms with van der Waals surface area (Å²) < 4.78 is 17.5. The van der Waals surface area contributed by atoms with Crippen LogP contribution in [0.15, 0.2) is 48.5 Å². The highest BCUT2D eigenvalue weighted by atomic mass is 32.2. The second-order valence-corrected chi connectivity index (χ2v) is 8.48. The lowest BCUT2D eigenvalue weighted by Crippen LogP contribution is -2.36. The summed E-state index contributed by atoms with van der Waals surface area (Å²) in [7, 11) is -1.59. The Morgan fingerprint density at radius 2 is 1.40 bits per heavy atom. The summed E-state index contributed by atoms with van der Waals surface area (Å²) in [6.45, 7) is 5.16. The molecule has 1 aliphatic heterocycles. The quantitative estimate of drug-likeness (QED) is 0.673. The van der Waals surface area contributed by atoms with E-state index in [2.05, 4.69) is 22.5 Å². The fourth-order valence-electron chi connectivity index (χ4n) is 3.14. The molecule has 2 N–H and O–H groups in total. The van der Waals surface area contributed by atoms with E-state index in [0.717, 1.165) is 25.2 Å². The minimum atomic E-state index is -1.59. The molecular weight excluding hydrogens is 402 g/mol. The van der Waals surface area contributed by atoms with Crippen molar-refractivity contribution in [1.82, 2.24) is 0 Å². The normalized spacial score (nSPS) is 14.8. The van der Waals surface area contributed by atoms with Gasteiger partial charge in [-0.15, -0.1) is 0 Å². The lowest BCUT2D eigenvalue weighted by Gasteiger charge is -2.28. The molecule has 8 heteroatoms. The number of carbonyl (C=O) groups excluding carboxylic acids is 2. The van der Waals surface area contributed by atoms with Crippen molar-refractivity contribution in [2.75, 3.05) is 53.3 Å². The first-order chi connectivity index (χ1) is 14.5. The van der Waals surface area contributed by atoms with Crippen LogP contribution in [-0.2, 0) is 31.5 Å². The van der Waals surface area contributed by atoms with E-state index in [9.17, 15) is 13.8 Å². The molecule has 0 bridgehead atoms. The predicted molar refractivity (Wildman–Crippen MR) is 120 cm³/mol. The molecule has 2 amide bonds. The predicted octanol–water partition coefficient (Wildman–Crippen LogP) is 2.41. The number of amides is 2. The highest BCUT2D eigenvalue weighted by Gasteiger charge is 2.14. The minimum absolute atomic E-state index is 0.223. The summed E-state index contributed by atoms with van der Waals surface area (Å²) in [5.74, 6) is -1.21. The van der Waals surface area contributed by atoms with Gasteiger partial charge in [0.25, 0.3) is 0 Å². The van der Waals surface area contributed by atoms with E-state index < -0.39 is 10.8 Å². The molecule has 0 spiro atoms. The van der Waals surface area contributed by atoms with Crippen LogP contribution < -0.4 is 15.5 Å². The van der Waals surface area contributed by atoms with Crippen molar-refractivity contribution in [2.45, 2.75) is 13.3 Å². The van der Waals surface area contributed by atoms with Gasteiger partial charge in [-0.2, -0.15) is 0 Å². The van der Waals surface area contributed by atoms with E-state index in [0.29, 0.717) is 24.6 Å². The molecule has 7 nitrogen and oxygen atoms in total. The Hall–Kier alpha value is -2.71. The monoisotopic (exact) mass is 429 g/mol. The van der Waals surface area contributed by atoms with Crippen LogP contribution in [0.3, 0.4) is 0 Å². The van der Waals surface area contributed by atoms with Crippen LogP contribution in [0.25, 0.3) is 0 Å². The number of anilines is 3. The Labute approximate surface area is 179 Å². The molecule has 0 saturated carbocycles. The Kier molecular flexibility index (Phi) is 7.98. The van der Waals surface area contributed by atoms with Gasteiger partial charge in [-0.1, -0.05) is 19.1 Å². The Balaban J connectivity index is 1.43. The van der Waals surface area contributed by atoms with Gasteiger partial charge in [0.1, 0.15) is 11.5 Å². The topological polar surface area (TPSA) is 87.7 Å². The molecule has 30 heavy (non-hydrogen) atoms. The maximum atomic E-state index is 12.2. The maximum Gasteiger partial charge on any atom is 0.237 e. The van der Waals surface area contributed by atoms with Gasteiger partial charge in [0, 0.05) is 41.0 Å². The highest BCUT2D eigenvalue weighted by Crippen LogP contribution is 2.19. The van der Waals surface area contributed by atoms with Crippen LogP contribution in [0.4, 0.5) is 17.1 Å². The van der Waals surface area contributed by atoms with Gasteiger partial charge in [0.05, 0.1) is 13.2 Å². The minimum Gasteiger partial charge on any atom is -0.378 e. The summed E-state index contributed by atoms with van der Waals surface area (Å²) >= 11 is 0. The summed E-state index contributed by atoms with van der Waals surface area (Å²) in [6, 6.07) is 15.0. The van der Waals surface area contributed by atoms with Gasteiger partial charge in [-0.25, -0.2) is 0 Å². The molecule has 3 rings (SSSR count). The number of hydrogen-bond acceptors (Lipinski definition) is 5. The number of carbonyl (C=O) groups is 2. The third-order valence-corrected chi connectivity index (χ3v) is 5.93. The van der Waals surface area contributed by atoms with E-state index in [1.807, 2.05) is 48.5 Å². The van der Waals surface area contributed by atoms with Crippen molar-refractivity contribution in [3.63, 3.8) is 0 Å². The fraction of sp³-hybridized carbons (Fsp3) is 0.364. The number of benzene rings is 2. The van der Waals surface area contributed by atoms with Crippen LogP contribution in [-0.4, -0.2) is 53.8 Å². The molecule has 1 saturated heterocycles. The standard InChI is InChI=1S/C22H27N3O4S/c1-2-17-3-5-18(6-4-17)23-21(26)15-30(28)16-22(27)24-19-7-9-20(10-8-19)25-11-13-29-14-12-25/h3-10H,2,11-16H2,1H3,(H,23,26)(H,24,27)/t30-/m1/s1. The second-order valence-electron chi connectivity index (χ2n) is 7.02. The van der Waals surface area contributed by atoms with Crippen molar-refractivity contribution < 1.29 is 18.5 Å². The van der Waals surface area contributed by atoms with Gasteiger partial charge in [-0.05, 0) is 48.4 Å². The summed E-state index contributed by atoms with van der Waals surface area (Å²) in [5, 5.41) is 5.44. The molecule has 1 aliphatic rings. The van der Waals surface area contributed by atoms with Crippen LogP contribution in [0.2, 0.25) is 0 Å². The number of ether oxygens (including phenoxy) is 1. The molecule has 1 atom stereocenters. The maximum absolute atomic E-state index is 12.2. The van der Waals surface area contributed by atoms with E-state index >= 15 is 0 Å². The van der Waals surface area contributed by atoms with Crippen LogP contribution in [0.5, 0.6) is 0 Å². The first-order valence-electron chi connectivity index (χ1n) is 10.00. The Morgan fingerprint density at radius 3 is 1.90 bits per heavy atom. The zero-order chi connectivity index (χ0) is 21.3. The molecule has 1 heterocycles. The molecule has 0 aromatic heterocycles. The SMILES string of the molecule is CCc1ccc(NC(=O)C[S@@](=O)CC(=O)Nc2ccc(N3CCOCC3)cc2)cc1. The summed E-state index contributed by atoms with van der Waals surface area (Å²) in [5.41, 5.74) is 3.53. The van der Waals surface area contributed by atoms with Crippen LogP contribution in [0, 0.1) is 0 Å². The van der Waals surface area contributed by atoms with Crippen LogP contribution in [0.1, 0.15) is 12.5 Å². The van der Waals surface area contributed by atoms with Crippen molar-refractivity contribution in [1.29, 1.82) is 0 Å². The third-order valence-electron chi connectivity index (χ3n) is 4.76. The van der Waals surface area contributed by atoms with Gasteiger partial charge in [0.15, 0.2) is 0 Å². The first-order valence-corrected chi connectivity index (χ1v) is 11.5. The van der Waals surface area contributed by atoms with Gasteiger partial charge >= 0.3 is 0 Å². The molecule has 0 radical (unpaired) electrons. The van der Waals surface area contributed by atoms with Crippen molar-refractivity contribution in [3.05, 3.63) is 54.1 Å². The number of morpholine rings is 1. The van der Waals surface area contributed by atoms with Gasteiger partial charge < -0.3 is 20.3 Å². The zero-order valence-corrected chi connectivity index (χ0v) is 17.9. The zero-order valence-electron chi connectivity index (χ0n) is 17.1. The van der Waals surface area contributed by atoms with E-state index in [-0.39, 0.29) is 23.3 Å². The average molecular weight is 430 g/mol. The molecule has 0 unspecified atom stereocenters. The van der Waals surface area contributed by atoms with E-state index in [1.54, 1.807) is 0 Å². The number of nitrogens with one attached hydrogen (secondary N) is 2. The lowest BCUT2D eigenvalue weighted by molar-refractivity contribution is -0.114. The Morgan fingerprint density at radius 1 is 0.900 bits per heavy atom. The van der Waals surface area contributed by atoms with Crippen LogP contribution >= 0.6 is 0 Å². The molecule has 160 valence electrons. The van der Waals surface area contributed by atoms with Crippen molar-refractivity contribution in [3.8, 4) is 0 Å². The fourth-order valence-corrected chi connectivity index (χ4v) is 3.97. The Bertz CT molecular complexity index is 878. The average Bonchev–Trinajstić information content (AvgIpc) is 2.75. The number of hydrogen-bond donors (Lipinski definition) is 2. The largest absolute Gasteiger partial charge is 0.378 e. The van der Waals surface area contributed by atoms with Gasteiger partial charge in [-0.3, -0.25) is 13.8 Å².